The summed E-state index contributed by atoms with van der Waals surface area (Å²) in [6.07, 6.45) is 4.42. The second-order valence-electron chi connectivity index (χ2n) is 7.29. The first-order valence-corrected chi connectivity index (χ1v) is 9.55. The van der Waals surface area contributed by atoms with E-state index in [0.29, 0.717) is 6.04 Å². The monoisotopic (exact) mass is 356 g/mol. The Morgan fingerprint density at radius 3 is 2.59 bits per heavy atom. The molecule has 0 radical (unpaired) electrons. The zero-order valence-corrected chi connectivity index (χ0v) is 15.7. The van der Waals surface area contributed by atoms with Crippen molar-refractivity contribution in [2.75, 3.05) is 13.1 Å². The number of nitrogens with zero attached hydrogens (tertiary/aromatic N) is 4. The molecular formula is C23H24N4. The molecule has 0 atom stereocenters. The van der Waals surface area contributed by atoms with E-state index in [1.807, 2.05) is 24.3 Å². The summed E-state index contributed by atoms with van der Waals surface area (Å²) in [4.78, 5) is 2.47. The van der Waals surface area contributed by atoms with Crippen LogP contribution in [-0.2, 0) is 6.54 Å². The second kappa shape index (κ2) is 7.77. The molecule has 4 rings (SSSR count). The molecule has 4 nitrogen and oxygen atoms in total. The highest BCUT2D eigenvalue weighted by atomic mass is 15.3. The van der Waals surface area contributed by atoms with Gasteiger partial charge in [-0.15, -0.1) is 0 Å². The van der Waals surface area contributed by atoms with Crippen LogP contribution in [0, 0.1) is 18.3 Å². The number of hydrogen-bond donors (Lipinski definition) is 0. The molecule has 1 fully saturated rings. The lowest BCUT2D eigenvalue weighted by Crippen LogP contribution is -2.34. The third kappa shape index (κ3) is 3.94. The van der Waals surface area contributed by atoms with Crippen molar-refractivity contribution in [1.29, 1.82) is 5.26 Å². The summed E-state index contributed by atoms with van der Waals surface area (Å²) >= 11 is 0. The standard InChI is InChI=1S/C23H24N4/c1-18-23(21-8-3-2-4-9-21)17-27(25-18)22-10-12-26(13-11-22)16-20-7-5-6-19(14-20)15-24/h2-9,14,17,22H,10-13,16H2,1H3. The van der Waals surface area contributed by atoms with Crippen molar-refractivity contribution >= 4 is 0 Å². The van der Waals surface area contributed by atoms with Gasteiger partial charge in [0.25, 0.3) is 0 Å². The van der Waals surface area contributed by atoms with Gasteiger partial charge in [-0.05, 0) is 43.0 Å². The van der Waals surface area contributed by atoms with E-state index in [2.05, 4.69) is 59.1 Å². The first kappa shape index (κ1) is 17.5. The van der Waals surface area contributed by atoms with Crippen LogP contribution in [0.1, 0.15) is 35.7 Å². The van der Waals surface area contributed by atoms with Gasteiger partial charge < -0.3 is 0 Å². The number of aryl methyl sites for hydroxylation is 1. The van der Waals surface area contributed by atoms with E-state index in [-0.39, 0.29) is 0 Å². The van der Waals surface area contributed by atoms with Gasteiger partial charge in [0.2, 0.25) is 0 Å². The minimum absolute atomic E-state index is 0.461. The Morgan fingerprint density at radius 1 is 1.07 bits per heavy atom. The molecule has 0 spiro atoms. The molecule has 0 amide bonds. The van der Waals surface area contributed by atoms with Gasteiger partial charge in [-0.3, -0.25) is 9.58 Å². The molecule has 4 heteroatoms. The van der Waals surface area contributed by atoms with Gasteiger partial charge in [-0.2, -0.15) is 10.4 Å². The summed E-state index contributed by atoms with van der Waals surface area (Å²) in [6, 6.07) is 21.1. The topological polar surface area (TPSA) is 44.9 Å². The van der Waals surface area contributed by atoms with E-state index >= 15 is 0 Å². The number of rotatable bonds is 4. The van der Waals surface area contributed by atoms with E-state index in [4.69, 9.17) is 10.4 Å². The van der Waals surface area contributed by atoms with Crippen molar-refractivity contribution < 1.29 is 0 Å². The molecule has 2 heterocycles. The van der Waals surface area contributed by atoms with Crippen molar-refractivity contribution in [3.8, 4) is 17.2 Å². The van der Waals surface area contributed by atoms with Crippen LogP contribution in [0.2, 0.25) is 0 Å². The van der Waals surface area contributed by atoms with Crippen LogP contribution >= 0.6 is 0 Å². The summed E-state index contributed by atoms with van der Waals surface area (Å²) < 4.78 is 2.17. The van der Waals surface area contributed by atoms with Crippen LogP contribution in [0.5, 0.6) is 0 Å². The van der Waals surface area contributed by atoms with Gasteiger partial charge in [0.15, 0.2) is 0 Å². The fraction of sp³-hybridized carbons (Fsp3) is 0.304. The minimum atomic E-state index is 0.461. The fourth-order valence-electron chi connectivity index (χ4n) is 3.91. The highest BCUT2D eigenvalue weighted by molar-refractivity contribution is 5.64. The van der Waals surface area contributed by atoms with Gasteiger partial charge in [-0.1, -0.05) is 42.5 Å². The van der Waals surface area contributed by atoms with Gasteiger partial charge in [0.1, 0.15) is 0 Å². The molecule has 0 N–H and O–H groups in total. The molecule has 1 aromatic heterocycles. The van der Waals surface area contributed by atoms with Crippen LogP contribution in [0.25, 0.3) is 11.1 Å². The van der Waals surface area contributed by atoms with Crippen molar-refractivity contribution in [1.82, 2.24) is 14.7 Å². The number of likely N-dealkylation sites (tertiary alicyclic amines) is 1. The molecule has 0 saturated carbocycles. The number of nitriles is 1. The summed E-state index contributed by atoms with van der Waals surface area (Å²) in [5, 5.41) is 13.9. The first-order valence-electron chi connectivity index (χ1n) is 9.55. The molecular weight excluding hydrogens is 332 g/mol. The van der Waals surface area contributed by atoms with Gasteiger partial charge >= 0.3 is 0 Å². The maximum atomic E-state index is 9.06. The average molecular weight is 356 g/mol. The Kier molecular flexibility index (Phi) is 5.04. The average Bonchev–Trinajstić information content (AvgIpc) is 3.11. The van der Waals surface area contributed by atoms with Crippen molar-refractivity contribution in [2.45, 2.75) is 32.4 Å². The third-order valence-electron chi connectivity index (χ3n) is 5.39. The normalized spacial score (nSPS) is 15.6. The Morgan fingerprint density at radius 2 is 1.85 bits per heavy atom. The van der Waals surface area contributed by atoms with Gasteiger partial charge in [-0.25, -0.2) is 0 Å². The number of benzene rings is 2. The molecule has 1 aliphatic rings. The van der Waals surface area contributed by atoms with Gasteiger partial charge in [0, 0.05) is 31.4 Å². The minimum Gasteiger partial charge on any atom is -0.299 e. The van der Waals surface area contributed by atoms with Crippen LogP contribution in [-0.4, -0.2) is 27.8 Å². The Balaban J connectivity index is 1.40. The molecule has 0 aliphatic carbocycles. The second-order valence-corrected chi connectivity index (χ2v) is 7.29. The van der Waals surface area contributed by atoms with Crippen LogP contribution in [0.4, 0.5) is 0 Å². The largest absolute Gasteiger partial charge is 0.299 e. The molecule has 0 bridgehead atoms. The lowest BCUT2D eigenvalue weighted by Gasteiger charge is -2.32. The molecule has 1 aliphatic heterocycles. The quantitative estimate of drug-likeness (QED) is 0.688. The zero-order chi connectivity index (χ0) is 18.6. The predicted molar refractivity (Wildman–Crippen MR) is 107 cm³/mol. The Labute approximate surface area is 160 Å². The zero-order valence-electron chi connectivity index (χ0n) is 15.7. The summed E-state index contributed by atoms with van der Waals surface area (Å²) in [5.74, 6) is 0. The molecule has 27 heavy (non-hydrogen) atoms. The SMILES string of the molecule is Cc1nn(C2CCN(Cc3cccc(C#N)c3)CC2)cc1-c1ccccc1. The van der Waals surface area contributed by atoms with Crippen LogP contribution in [0.15, 0.2) is 60.8 Å². The van der Waals surface area contributed by atoms with Crippen molar-refractivity contribution in [2.24, 2.45) is 0 Å². The highest BCUT2D eigenvalue weighted by Gasteiger charge is 2.22. The molecule has 136 valence electrons. The van der Waals surface area contributed by atoms with E-state index < -0.39 is 0 Å². The van der Waals surface area contributed by atoms with E-state index in [1.54, 1.807) is 0 Å². The maximum absolute atomic E-state index is 9.06. The number of piperidine rings is 1. The summed E-state index contributed by atoms with van der Waals surface area (Å²) in [7, 11) is 0. The van der Waals surface area contributed by atoms with Crippen molar-refractivity contribution in [3.05, 3.63) is 77.6 Å². The highest BCUT2D eigenvalue weighted by Crippen LogP contribution is 2.28. The molecule has 1 saturated heterocycles. The molecule has 0 unspecified atom stereocenters. The van der Waals surface area contributed by atoms with E-state index in [1.165, 1.54) is 16.7 Å². The van der Waals surface area contributed by atoms with Gasteiger partial charge in [0.05, 0.1) is 23.4 Å². The first-order chi connectivity index (χ1) is 13.2. The van der Waals surface area contributed by atoms with Crippen LogP contribution < -0.4 is 0 Å². The lowest BCUT2D eigenvalue weighted by atomic mass is 10.0. The maximum Gasteiger partial charge on any atom is 0.0991 e. The number of hydrogen-bond acceptors (Lipinski definition) is 3. The third-order valence-corrected chi connectivity index (χ3v) is 5.39. The Hall–Kier alpha value is -2.90. The summed E-state index contributed by atoms with van der Waals surface area (Å²) in [5.41, 5.74) is 5.51. The van der Waals surface area contributed by atoms with E-state index in [0.717, 1.165) is 43.7 Å². The Bertz CT molecular complexity index is 944. The number of aromatic nitrogens is 2. The lowest BCUT2D eigenvalue weighted by molar-refractivity contribution is 0.173. The predicted octanol–water partition coefficient (Wildman–Crippen LogP) is 4.57. The molecule has 2 aromatic carbocycles. The smallest absolute Gasteiger partial charge is 0.0991 e. The van der Waals surface area contributed by atoms with E-state index in [9.17, 15) is 0 Å². The van der Waals surface area contributed by atoms with Crippen molar-refractivity contribution in [3.63, 3.8) is 0 Å². The fourth-order valence-corrected chi connectivity index (χ4v) is 3.91. The summed E-state index contributed by atoms with van der Waals surface area (Å²) in [6.45, 7) is 5.12. The van der Waals surface area contributed by atoms with Crippen LogP contribution in [0.3, 0.4) is 0 Å². The molecule has 3 aromatic rings.